The van der Waals surface area contributed by atoms with E-state index >= 15 is 0 Å². The van der Waals surface area contributed by atoms with E-state index in [0.717, 1.165) is 22.9 Å². The molecule has 0 radical (unpaired) electrons. The first-order valence-electron chi connectivity index (χ1n) is 7.72. The largest absolute Gasteiger partial charge is 0.386 e. The van der Waals surface area contributed by atoms with E-state index in [-0.39, 0.29) is 0 Å². The summed E-state index contributed by atoms with van der Waals surface area (Å²) in [5.41, 5.74) is 3.13. The Bertz CT molecular complexity index is 908. The molecule has 1 aliphatic carbocycles. The highest BCUT2D eigenvalue weighted by atomic mass is 16.3. The van der Waals surface area contributed by atoms with Crippen molar-refractivity contribution in [2.45, 2.75) is 25.6 Å². The Morgan fingerprint density at radius 2 is 1.77 bits per heavy atom. The van der Waals surface area contributed by atoms with Crippen molar-refractivity contribution >= 4 is 27.6 Å². The summed E-state index contributed by atoms with van der Waals surface area (Å²) >= 11 is 0. The van der Waals surface area contributed by atoms with Gasteiger partial charge in [-0.25, -0.2) is 0 Å². The van der Waals surface area contributed by atoms with Crippen LogP contribution in [-0.4, -0.2) is 16.3 Å². The minimum absolute atomic E-state index is 0.838. The van der Waals surface area contributed by atoms with Gasteiger partial charge in [0.05, 0.1) is 0 Å². The Balaban J connectivity index is 2.18. The Labute approximate surface area is 129 Å². The Hall–Kier alpha value is -2.16. The molecule has 0 aliphatic heterocycles. The number of aryl methyl sites for hydroxylation is 1. The van der Waals surface area contributed by atoms with Crippen LogP contribution in [0.25, 0.3) is 27.6 Å². The van der Waals surface area contributed by atoms with E-state index in [2.05, 4.69) is 37.3 Å². The molecule has 22 heavy (non-hydrogen) atoms. The molecule has 1 aliphatic rings. The van der Waals surface area contributed by atoms with Crippen LogP contribution in [0.5, 0.6) is 0 Å². The fraction of sp³-hybridized carbons (Fsp3) is 0.200. The van der Waals surface area contributed by atoms with Crippen molar-refractivity contribution in [2.75, 3.05) is 0 Å². The predicted octanol–water partition coefficient (Wildman–Crippen LogP) is 3.98. The van der Waals surface area contributed by atoms with Crippen LogP contribution in [0.1, 0.15) is 29.7 Å². The lowest BCUT2D eigenvalue weighted by Gasteiger charge is -2.24. The maximum atomic E-state index is 10.5. The van der Waals surface area contributed by atoms with E-state index < -0.39 is 12.2 Å². The number of fused-ring (bicyclic) bond motifs is 4. The second-order valence-corrected chi connectivity index (χ2v) is 5.89. The normalized spacial score (nSPS) is 20.5. The van der Waals surface area contributed by atoms with Gasteiger partial charge in [-0.2, -0.15) is 0 Å². The van der Waals surface area contributed by atoms with E-state index in [1.54, 1.807) is 6.08 Å². The molecular weight excluding hydrogens is 272 g/mol. The van der Waals surface area contributed by atoms with Crippen LogP contribution >= 0.6 is 0 Å². The SMILES string of the molecule is CCc1c2ccccc2cc2c3c(ccc12)C=CC(O)C3O. The van der Waals surface area contributed by atoms with Gasteiger partial charge in [-0.05, 0) is 50.7 Å². The summed E-state index contributed by atoms with van der Waals surface area (Å²) in [4.78, 5) is 0. The maximum Gasteiger partial charge on any atom is 0.110 e. The molecular formula is C20H18O2. The highest BCUT2D eigenvalue weighted by molar-refractivity contribution is 6.04. The van der Waals surface area contributed by atoms with Crippen LogP contribution < -0.4 is 0 Å². The van der Waals surface area contributed by atoms with Gasteiger partial charge < -0.3 is 10.2 Å². The standard InChI is InChI=1S/C20H18O2/c1-2-14-15-6-4-3-5-13(15)11-17-16(14)9-7-12-8-10-18(21)20(22)19(12)17/h3-11,18,20-22H,2H2,1H3. The lowest BCUT2D eigenvalue weighted by molar-refractivity contribution is 0.0480. The van der Waals surface area contributed by atoms with E-state index in [1.807, 2.05) is 18.2 Å². The summed E-state index contributed by atoms with van der Waals surface area (Å²) in [6.07, 6.45) is 2.78. The molecule has 0 aromatic heterocycles. The highest BCUT2D eigenvalue weighted by Gasteiger charge is 2.25. The highest BCUT2D eigenvalue weighted by Crippen LogP contribution is 2.38. The summed E-state index contributed by atoms with van der Waals surface area (Å²) in [6.45, 7) is 2.16. The molecule has 0 spiro atoms. The summed E-state index contributed by atoms with van der Waals surface area (Å²) in [7, 11) is 0. The smallest absolute Gasteiger partial charge is 0.110 e. The molecule has 4 rings (SSSR count). The number of aliphatic hydroxyl groups excluding tert-OH is 2. The number of rotatable bonds is 1. The lowest BCUT2D eigenvalue weighted by atomic mass is 9.85. The third-order valence-electron chi connectivity index (χ3n) is 4.68. The predicted molar refractivity (Wildman–Crippen MR) is 90.8 cm³/mol. The van der Waals surface area contributed by atoms with Crippen LogP contribution in [0.4, 0.5) is 0 Å². The Kier molecular flexibility index (Phi) is 3.03. The first-order chi connectivity index (χ1) is 10.7. The molecule has 2 N–H and O–H groups in total. The molecule has 2 heteroatoms. The fourth-order valence-electron chi connectivity index (χ4n) is 3.60. The zero-order valence-corrected chi connectivity index (χ0v) is 12.5. The van der Waals surface area contributed by atoms with Gasteiger partial charge in [0.15, 0.2) is 0 Å². The average molecular weight is 290 g/mol. The van der Waals surface area contributed by atoms with Gasteiger partial charge in [0.25, 0.3) is 0 Å². The molecule has 0 bridgehead atoms. The van der Waals surface area contributed by atoms with E-state index in [4.69, 9.17) is 0 Å². The summed E-state index contributed by atoms with van der Waals surface area (Å²) < 4.78 is 0. The van der Waals surface area contributed by atoms with Crippen molar-refractivity contribution in [2.24, 2.45) is 0 Å². The second kappa shape index (κ2) is 4.94. The molecule has 2 nitrogen and oxygen atoms in total. The van der Waals surface area contributed by atoms with E-state index in [9.17, 15) is 10.2 Å². The lowest BCUT2D eigenvalue weighted by Crippen LogP contribution is -2.19. The summed E-state index contributed by atoms with van der Waals surface area (Å²) in [5, 5.41) is 25.1. The third kappa shape index (κ3) is 1.81. The summed E-state index contributed by atoms with van der Waals surface area (Å²) in [5.74, 6) is 0. The van der Waals surface area contributed by atoms with Crippen LogP contribution in [0.15, 0.2) is 48.5 Å². The van der Waals surface area contributed by atoms with E-state index in [0.29, 0.717) is 0 Å². The van der Waals surface area contributed by atoms with E-state index in [1.165, 1.54) is 21.7 Å². The average Bonchev–Trinajstić information content (AvgIpc) is 2.55. The van der Waals surface area contributed by atoms with Crippen molar-refractivity contribution < 1.29 is 10.2 Å². The Morgan fingerprint density at radius 1 is 0.955 bits per heavy atom. The first kappa shape index (κ1) is 13.5. The van der Waals surface area contributed by atoms with Crippen molar-refractivity contribution in [1.82, 2.24) is 0 Å². The van der Waals surface area contributed by atoms with Crippen molar-refractivity contribution in [3.63, 3.8) is 0 Å². The summed E-state index contributed by atoms with van der Waals surface area (Å²) in [6, 6.07) is 14.7. The van der Waals surface area contributed by atoms with Crippen LogP contribution in [-0.2, 0) is 6.42 Å². The van der Waals surface area contributed by atoms with Gasteiger partial charge in [0, 0.05) is 0 Å². The maximum absolute atomic E-state index is 10.5. The first-order valence-corrected chi connectivity index (χ1v) is 7.72. The van der Waals surface area contributed by atoms with Gasteiger partial charge in [-0.15, -0.1) is 0 Å². The quantitative estimate of drug-likeness (QED) is 0.666. The molecule has 2 unspecified atom stereocenters. The van der Waals surface area contributed by atoms with Crippen molar-refractivity contribution in [1.29, 1.82) is 0 Å². The molecule has 2 atom stereocenters. The molecule has 110 valence electrons. The zero-order chi connectivity index (χ0) is 15.3. The number of hydrogen-bond donors (Lipinski definition) is 2. The topological polar surface area (TPSA) is 40.5 Å². The van der Waals surface area contributed by atoms with Gasteiger partial charge in [-0.1, -0.05) is 55.5 Å². The molecule has 0 saturated carbocycles. The molecule has 0 amide bonds. The molecule has 3 aromatic rings. The minimum Gasteiger partial charge on any atom is -0.386 e. The fourth-order valence-corrected chi connectivity index (χ4v) is 3.60. The van der Waals surface area contributed by atoms with Crippen LogP contribution in [0.2, 0.25) is 0 Å². The minimum atomic E-state index is -0.866. The van der Waals surface area contributed by atoms with Crippen molar-refractivity contribution in [3.8, 4) is 0 Å². The van der Waals surface area contributed by atoms with Gasteiger partial charge in [-0.3, -0.25) is 0 Å². The molecule has 0 saturated heterocycles. The zero-order valence-electron chi connectivity index (χ0n) is 12.5. The second-order valence-electron chi connectivity index (χ2n) is 5.89. The van der Waals surface area contributed by atoms with Crippen LogP contribution in [0, 0.1) is 0 Å². The number of hydrogen-bond acceptors (Lipinski definition) is 2. The van der Waals surface area contributed by atoms with Crippen molar-refractivity contribution in [3.05, 3.63) is 65.2 Å². The van der Waals surface area contributed by atoms with Gasteiger partial charge in [0.1, 0.15) is 12.2 Å². The molecule has 3 aromatic carbocycles. The monoisotopic (exact) mass is 290 g/mol. The number of aliphatic hydroxyl groups is 2. The van der Waals surface area contributed by atoms with Gasteiger partial charge in [0.2, 0.25) is 0 Å². The molecule has 0 fully saturated rings. The van der Waals surface area contributed by atoms with Crippen LogP contribution in [0.3, 0.4) is 0 Å². The van der Waals surface area contributed by atoms with Gasteiger partial charge >= 0.3 is 0 Å². The third-order valence-corrected chi connectivity index (χ3v) is 4.68. The number of benzene rings is 3. The Morgan fingerprint density at radius 3 is 2.59 bits per heavy atom. The molecule has 0 heterocycles.